The summed E-state index contributed by atoms with van der Waals surface area (Å²) in [4.78, 5) is 12.4. The molecule has 1 heterocycles. The van der Waals surface area contributed by atoms with Crippen molar-refractivity contribution in [2.75, 3.05) is 6.61 Å². The van der Waals surface area contributed by atoms with Crippen LogP contribution < -0.4 is 0 Å². The lowest BCUT2D eigenvalue weighted by Crippen LogP contribution is -2.18. The van der Waals surface area contributed by atoms with Crippen LogP contribution in [0.4, 0.5) is 0 Å². The molecular formula is C17H15ClN2O2S. The highest BCUT2D eigenvalue weighted by Gasteiger charge is 2.23. The molecule has 0 N–H and O–H groups in total. The molecule has 0 bridgehead atoms. The molecule has 0 aliphatic heterocycles. The van der Waals surface area contributed by atoms with Crippen LogP contribution in [0.2, 0.25) is 5.02 Å². The van der Waals surface area contributed by atoms with Crippen molar-refractivity contribution in [3.05, 3.63) is 58.6 Å². The Morgan fingerprint density at radius 1 is 1.17 bits per heavy atom. The van der Waals surface area contributed by atoms with Crippen LogP contribution in [0.3, 0.4) is 0 Å². The van der Waals surface area contributed by atoms with Gasteiger partial charge in [-0.2, -0.15) is 8.75 Å². The fourth-order valence-electron chi connectivity index (χ4n) is 2.45. The molecule has 3 aromatic rings. The fraction of sp³-hybridized carbons (Fsp3) is 0.235. The average Bonchev–Trinajstić information content (AvgIpc) is 3.02. The number of ether oxygens (including phenoxy) is 1. The highest BCUT2D eigenvalue weighted by molar-refractivity contribution is 7.00. The van der Waals surface area contributed by atoms with Gasteiger partial charge in [0.2, 0.25) is 0 Å². The summed E-state index contributed by atoms with van der Waals surface area (Å²) in [6.07, 6.45) is 0.555. The lowest BCUT2D eigenvalue weighted by atomic mass is 9.91. The van der Waals surface area contributed by atoms with E-state index in [2.05, 4.69) is 8.75 Å². The van der Waals surface area contributed by atoms with Gasteiger partial charge in [-0.15, -0.1) is 0 Å². The third-order valence-corrected chi connectivity index (χ3v) is 4.41. The fourth-order valence-corrected chi connectivity index (χ4v) is 3.10. The van der Waals surface area contributed by atoms with E-state index in [-0.39, 0.29) is 11.9 Å². The number of aromatic nitrogens is 2. The van der Waals surface area contributed by atoms with Gasteiger partial charge in [-0.3, -0.25) is 4.79 Å². The van der Waals surface area contributed by atoms with Gasteiger partial charge in [0.15, 0.2) is 0 Å². The van der Waals surface area contributed by atoms with Crippen molar-refractivity contribution in [3.8, 4) is 0 Å². The van der Waals surface area contributed by atoms with Crippen LogP contribution in [0.5, 0.6) is 0 Å². The second-order valence-electron chi connectivity index (χ2n) is 5.15. The van der Waals surface area contributed by atoms with Crippen molar-refractivity contribution < 1.29 is 9.53 Å². The van der Waals surface area contributed by atoms with Gasteiger partial charge in [-0.25, -0.2) is 0 Å². The van der Waals surface area contributed by atoms with Crippen LogP contribution in [-0.2, 0) is 16.0 Å². The Morgan fingerprint density at radius 2 is 1.91 bits per heavy atom. The minimum Gasteiger partial charge on any atom is -0.466 e. The molecule has 0 saturated heterocycles. The molecule has 6 heteroatoms. The summed E-state index contributed by atoms with van der Waals surface area (Å²) in [6, 6.07) is 13.2. The van der Waals surface area contributed by atoms with E-state index in [9.17, 15) is 4.79 Å². The van der Waals surface area contributed by atoms with E-state index in [1.807, 2.05) is 49.4 Å². The quantitative estimate of drug-likeness (QED) is 0.648. The first kappa shape index (κ1) is 15.9. The normalized spacial score (nSPS) is 12.3. The van der Waals surface area contributed by atoms with Crippen molar-refractivity contribution in [3.63, 3.8) is 0 Å². The average molecular weight is 347 g/mol. The third-order valence-electron chi connectivity index (χ3n) is 3.60. The predicted octanol–water partition coefficient (Wildman–Crippen LogP) is 4.23. The number of esters is 1. The van der Waals surface area contributed by atoms with Crippen molar-refractivity contribution in [1.82, 2.24) is 8.75 Å². The zero-order chi connectivity index (χ0) is 16.2. The summed E-state index contributed by atoms with van der Waals surface area (Å²) in [5, 5.41) is 0.677. The molecule has 0 spiro atoms. The number of carbonyl (C=O) groups is 1. The van der Waals surface area contributed by atoms with Crippen molar-refractivity contribution in [1.29, 1.82) is 0 Å². The van der Waals surface area contributed by atoms with E-state index < -0.39 is 0 Å². The molecule has 3 rings (SSSR count). The summed E-state index contributed by atoms with van der Waals surface area (Å²) >= 11 is 7.09. The molecule has 4 nitrogen and oxygen atoms in total. The van der Waals surface area contributed by atoms with Crippen LogP contribution in [0.15, 0.2) is 42.5 Å². The maximum atomic E-state index is 12.4. The lowest BCUT2D eigenvalue weighted by molar-refractivity contribution is -0.144. The van der Waals surface area contributed by atoms with Crippen LogP contribution in [0.1, 0.15) is 24.0 Å². The Balaban J connectivity index is 1.93. The van der Waals surface area contributed by atoms with E-state index in [4.69, 9.17) is 16.3 Å². The number of rotatable bonds is 5. The molecule has 23 heavy (non-hydrogen) atoms. The monoisotopic (exact) mass is 346 g/mol. The maximum absolute atomic E-state index is 12.4. The number of carbonyl (C=O) groups excluding carboxylic acids is 1. The molecule has 0 saturated carbocycles. The van der Waals surface area contributed by atoms with Crippen LogP contribution in [0, 0.1) is 0 Å². The first-order valence-electron chi connectivity index (χ1n) is 7.30. The standard InChI is InChI=1S/C17H15ClN2O2S/c1-2-22-17(21)14(9-11-3-6-13(18)7-4-11)12-5-8-15-16(10-12)20-23-19-15/h3-8,10,14H,2,9H2,1H3. The molecule has 118 valence electrons. The number of benzene rings is 2. The molecule has 0 fully saturated rings. The van der Waals surface area contributed by atoms with Gasteiger partial charge in [0.25, 0.3) is 0 Å². The largest absolute Gasteiger partial charge is 0.466 e. The van der Waals surface area contributed by atoms with Gasteiger partial charge in [0, 0.05) is 5.02 Å². The topological polar surface area (TPSA) is 52.1 Å². The number of fused-ring (bicyclic) bond motifs is 1. The van der Waals surface area contributed by atoms with E-state index in [0.29, 0.717) is 18.1 Å². The Hall–Kier alpha value is -1.98. The Kier molecular flexibility index (Phi) is 4.88. The highest BCUT2D eigenvalue weighted by Crippen LogP contribution is 2.26. The minimum atomic E-state index is -0.373. The van der Waals surface area contributed by atoms with E-state index in [1.165, 1.54) is 11.7 Å². The molecule has 1 unspecified atom stereocenters. The molecule has 0 aliphatic carbocycles. The smallest absolute Gasteiger partial charge is 0.313 e. The van der Waals surface area contributed by atoms with Crippen molar-refractivity contribution in [2.45, 2.75) is 19.3 Å². The summed E-state index contributed by atoms with van der Waals surface area (Å²) in [5.41, 5.74) is 3.56. The number of hydrogen-bond acceptors (Lipinski definition) is 5. The van der Waals surface area contributed by atoms with Gasteiger partial charge in [-0.1, -0.05) is 29.8 Å². The molecule has 0 aliphatic rings. The summed E-state index contributed by atoms with van der Waals surface area (Å²) in [6.45, 7) is 2.17. The highest BCUT2D eigenvalue weighted by atomic mass is 35.5. The summed E-state index contributed by atoms with van der Waals surface area (Å²) in [7, 11) is 0. The maximum Gasteiger partial charge on any atom is 0.313 e. The van der Waals surface area contributed by atoms with E-state index in [1.54, 1.807) is 0 Å². The number of halogens is 1. The summed E-state index contributed by atoms with van der Waals surface area (Å²) < 4.78 is 13.7. The van der Waals surface area contributed by atoms with E-state index in [0.717, 1.165) is 22.2 Å². The van der Waals surface area contributed by atoms with Crippen LogP contribution >= 0.6 is 23.3 Å². The van der Waals surface area contributed by atoms with Crippen LogP contribution in [-0.4, -0.2) is 21.3 Å². The third kappa shape index (κ3) is 3.68. The van der Waals surface area contributed by atoms with Gasteiger partial charge < -0.3 is 4.74 Å². The van der Waals surface area contributed by atoms with Crippen LogP contribution in [0.25, 0.3) is 11.0 Å². The van der Waals surface area contributed by atoms with Crippen molar-refractivity contribution in [2.24, 2.45) is 0 Å². The molecule has 2 aromatic carbocycles. The molecule has 0 radical (unpaired) electrons. The Bertz CT molecular complexity index is 817. The first-order chi connectivity index (χ1) is 11.2. The second kappa shape index (κ2) is 7.06. The Morgan fingerprint density at radius 3 is 2.65 bits per heavy atom. The SMILES string of the molecule is CCOC(=O)C(Cc1ccc(Cl)cc1)c1ccc2nsnc2c1. The zero-order valence-corrected chi connectivity index (χ0v) is 14.1. The Labute approximate surface area is 143 Å². The van der Waals surface area contributed by atoms with E-state index >= 15 is 0 Å². The van der Waals surface area contributed by atoms with Crippen molar-refractivity contribution >= 4 is 40.3 Å². The van der Waals surface area contributed by atoms with Gasteiger partial charge in [-0.05, 0) is 48.7 Å². The molecule has 0 amide bonds. The second-order valence-corrected chi connectivity index (χ2v) is 6.11. The predicted molar refractivity (Wildman–Crippen MR) is 91.9 cm³/mol. The van der Waals surface area contributed by atoms with Gasteiger partial charge in [0.05, 0.1) is 24.3 Å². The molecule has 1 aromatic heterocycles. The molecule has 1 atom stereocenters. The minimum absolute atomic E-state index is 0.231. The molecular weight excluding hydrogens is 332 g/mol. The van der Waals surface area contributed by atoms with Gasteiger partial charge >= 0.3 is 5.97 Å². The van der Waals surface area contributed by atoms with Gasteiger partial charge in [0.1, 0.15) is 11.0 Å². The number of hydrogen-bond donors (Lipinski definition) is 0. The summed E-state index contributed by atoms with van der Waals surface area (Å²) in [5.74, 6) is -0.604. The first-order valence-corrected chi connectivity index (χ1v) is 8.41. The lowest BCUT2D eigenvalue weighted by Gasteiger charge is -2.16. The zero-order valence-electron chi connectivity index (χ0n) is 12.5. The number of nitrogens with zero attached hydrogens (tertiary/aromatic N) is 2.